The molecule has 0 unspecified atom stereocenters. The summed E-state index contributed by atoms with van der Waals surface area (Å²) in [5, 5.41) is 0. The molecule has 0 nitrogen and oxygen atoms in total. The molecule has 0 aliphatic carbocycles. The summed E-state index contributed by atoms with van der Waals surface area (Å²) in [7, 11) is 35.2. The maximum atomic E-state index is 5.04. The molecule has 0 atom stereocenters. The first-order valence-corrected chi connectivity index (χ1v) is 28.4. The van der Waals surface area contributed by atoms with E-state index in [0.29, 0.717) is 0 Å². The molecule has 0 spiro atoms. The van der Waals surface area contributed by atoms with Crippen molar-refractivity contribution in [3.05, 3.63) is 0 Å². The summed E-state index contributed by atoms with van der Waals surface area (Å²) in [5.74, 6) is 0. The number of hydrogen-bond donors (Lipinski definition) is 0. The van der Waals surface area contributed by atoms with Crippen LogP contribution in [0.3, 0.4) is 0 Å². The molecule has 0 saturated heterocycles. The summed E-state index contributed by atoms with van der Waals surface area (Å²) in [4.78, 5) is 0. The topological polar surface area (TPSA) is 0 Å². The average Bonchev–Trinajstić information content (AvgIpc) is 1.19. The predicted molar refractivity (Wildman–Crippen MR) is 52.5 cm³/mol. The molecule has 9 heavy (non-hydrogen) atoms. The molecule has 9 heteroatoms. The van der Waals surface area contributed by atoms with Gasteiger partial charge < -0.3 is 0 Å². The molecule has 0 aliphatic heterocycles. The van der Waals surface area contributed by atoms with Crippen molar-refractivity contribution < 1.29 is 0 Å². The van der Waals surface area contributed by atoms with Crippen LogP contribution in [0.25, 0.3) is 0 Å². The quantitative estimate of drug-likeness (QED) is 0.458. The molecule has 0 aromatic rings. The van der Waals surface area contributed by atoms with Gasteiger partial charge in [0.05, 0.1) is 0 Å². The molecule has 0 aliphatic rings. The Morgan fingerprint density at radius 3 is 0.778 bits per heavy atom. The van der Waals surface area contributed by atoms with Gasteiger partial charge in [0.25, 0.3) is 0 Å². The molecule has 0 N–H and O–H groups in total. The van der Waals surface area contributed by atoms with Gasteiger partial charge in [-0.1, -0.05) is 0 Å². The summed E-state index contributed by atoms with van der Waals surface area (Å²) in [5.41, 5.74) is 0. The number of rotatable bonds is 0. The number of hydrogen-bond acceptors (Lipinski definition) is 0. The van der Waals surface area contributed by atoms with E-state index < -0.39 is 31.8 Å². The molecular formula is Cl7InSn. The zero-order valence-corrected chi connectivity index (χ0v) is 15.2. The van der Waals surface area contributed by atoms with Crippen LogP contribution in [0.15, 0.2) is 0 Å². The van der Waals surface area contributed by atoms with Crippen molar-refractivity contribution in [2.75, 3.05) is 0 Å². The SMILES string of the molecule is [Cl][In]([Cl])[Cl].[Cl][Sn]([Cl])([Cl])[Cl]. The standard InChI is InChI=1S/7ClH.In.Sn/h7*1H;;/q;;;;;;;+3;+4/p-7. The van der Waals surface area contributed by atoms with Crippen molar-refractivity contribution in [1.82, 2.24) is 0 Å². The monoisotopic (exact) mass is 480 g/mol. The number of halogens is 7. The van der Waals surface area contributed by atoms with Gasteiger partial charge in [0, 0.05) is 0 Å². The van der Waals surface area contributed by atoms with Crippen molar-refractivity contribution in [1.29, 1.82) is 0 Å². The van der Waals surface area contributed by atoms with Gasteiger partial charge in [0.15, 0.2) is 0 Å². The van der Waals surface area contributed by atoms with Crippen molar-refractivity contribution in [3.63, 3.8) is 0 Å². The Balaban J connectivity index is 0. The summed E-state index contributed by atoms with van der Waals surface area (Å²) in [6.07, 6.45) is 0. The van der Waals surface area contributed by atoms with Crippen LogP contribution in [0.1, 0.15) is 0 Å². The van der Waals surface area contributed by atoms with Gasteiger partial charge in [-0.05, 0) is 0 Å². The fourth-order valence-corrected chi connectivity index (χ4v) is 0. The summed E-state index contributed by atoms with van der Waals surface area (Å²) in [6.45, 7) is 0. The molecule has 0 amide bonds. The van der Waals surface area contributed by atoms with Crippen molar-refractivity contribution >= 4 is 93.2 Å². The molecule has 0 fully saturated rings. The van der Waals surface area contributed by atoms with E-state index in [0.717, 1.165) is 0 Å². The van der Waals surface area contributed by atoms with Gasteiger partial charge in [0.2, 0.25) is 0 Å². The van der Waals surface area contributed by atoms with Crippen LogP contribution in [0.4, 0.5) is 0 Å². The fourth-order valence-electron chi connectivity index (χ4n) is 0. The molecular weight excluding hydrogens is 482 g/mol. The minimum atomic E-state index is -3.29. The van der Waals surface area contributed by atoms with Crippen molar-refractivity contribution in [3.8, 4) is 0 Å². The van der Waals surface area contributed by atoms with Gasteiger partial charge in [-0.3, -0.25) is 0 Å². The van der Waals surface area contributed by atoms with Crippen LogP contribution in [-0.2, 0) is 0 Å². The summed E-state index contributed by atoms with van der Waals surface area (Å²) < 4.78 is 0. The van der Waals surface area contributed by atoms with Crippen molar-refractivity contribution in [2.45, 2.75) is 0 Å². The first-order valence-electron chi connectivity index (χ1n) is 1.41. The summed E-state index contributed by atoms with van der Waals surface area (Å²) >= 11 is -5.51. The van der Waals surface area contributed by atoms with E-state index in [9.17, 15) is 0 Å². The van der Waals surface area contributed by atoms with E-state index in [1.165, 1.54) is 0 Å². The third kappa shape index (κ3) is 80.4. The Labute approximate surface area is 91.0 Å². The van der Waals surface area contributed by atoms with E-state index in [2.05, 4.69) is 0 Å². The van der Waals surface area contributed by atoms with Gasteiger partial charge in [-0.2, -0.15) is 0 Å². The molecule has 0 aromatic heterocycles. The zero-order chi connectivity index (χ0) is 8.08. The third-order valence-electron chi connectivity index (χ3n) is 0. The first-order chi connectivity index (χ1) is 3.73. The van der Waals surface area contributed by atoms with E-state index in [4.69, 9.17) is 61.4 Å². The van der Waals surface area contributed by atoms with Crippen LogP contribution in [0, 0.1) is 0 Å². The van der Waals surface area contributed by atoms with Crippen LogP contribution < -0.4 is 0 Å². The Hall–Kier alpha value is 3.70. The Morgan fingerprint density at radius 2 is 0.778 bits per heavy atom. The zero-order valence-electron chi connectivity index (χ0n) is 3.72. The Morgan fingerprint density at radius 1 is 0.778 bits per heavy atom. The molecule has 56 valence electrons. The predicted octanol–water partition coefficient (Wildman–Crippen LogP) is 4.06. The van der Waals surface area contributed by atoms with Crippen molar-refractivity contribution in [2.24, 2.45) is 0 Å². The second kappa shape index (κ2) is 8.30. The van der Waals surface area contributed by atoms with Gasteiger partial charge in [-0.25, -0.2) is 0 Å². The summed E-state index contributed by atoms with van der Waals surface area (Å²) in [6, 6.07) is 0. The van der Waals surface area contributed by atoms with Crippen LogP contribution >= 0.6 is 61.4 Å². The molecule has 0 rings (SSSR count). The molecule has 0 radical (unpaired) electrons. The second-order valence-electron chi connectivity index (χ2n) is 0.676. The van der Waals surface area contributed by atoms with E-state index in [1.54, 1.807) is 0 Å². The van der Waals surface area contributed by atoms with E-state index >= 15 is 0 Å². The first kappa shape index (κ1) is 15.2. The Bertz CT molecular complexity index is 45.7. The molecule has 0 aromatic carbocycles. The third-order valence-corrected chi connectivity index (χ3v) is 0. The molecule has 0 bridgehead atoms. The van der Waals surface area contributed by atoms with Crippen LogP contribution in [0.2, 0.25) is 0 Å². The van der Waals surface area contributed by atoms with Gasteiger partial charge in [0.1, 0.15) is 0 Å². The van der Waals surface area contributed by atoms with E-state index in [1.807, 2.05) is 0 Å². The van der Waals surface area contributed by atoms with Gasteiger partial charge >= 0.3 is 93.2 Å². The van der Waals surface area contributed by atoms with Gasteiger partial charge in [-0.15, -0.1) is 0 Å². The minimum absolute atomic E-state index is 2.22. The second-order valence-corrected chi connectivity index (χ2v) is 40.8. The van der Waals surface area contributed by atoms with E-state index in [-0.39, 0.29) is 0 Å². The maximum absolute atomic E-state index is 5.04. The normalized spacial score (nSPS) is 9.67. The molecule has 0 heterocycles. The average molecular weight is 482 g/mol. The van der Waals surface area contributed by atoms with Crippen LogP contribution in [0.5, 0.6) is 0 Å². The molecule has 0 saturated carbocycles. The Kier molecular flexibility index (Phi) is 14.0. The van der Waals surface area contributed by atoms with Crippen LogP contribution in [-0.4, -0.2) is 31.8 Å². The fraction of sp³-hybridized carbons (Fsp3) is 0.